The summed E-state index contributed by atoms with van der Waals surface area (Å²) in [4.78, 5) is 18.5. The first-order valence-electron chi connectivity index (χ1n) is 7.35. The minimum absolute atomic E-state index is 0.0724. The minimum Gasteiger partial charge on any atom is -0.375 e. The molecule has 0 spiro atoms. The number of aromatic nitrogens is 1. The van der Waals surface area contributed by atoms with E-state index < -0.39 is 0 Å². The summed E-state index contributed by atoms with van der Waals surface area (Å²) in [5.74, 6) is 0.0724. The van der Waals surface area contributed by atoms with E-state index in [1.807, 2.05) is 18.2 Å². The number of amides is 1. The molecule has 2 fully saturated rings. The highest BCUT2D eigenvalue weighted by Crippen LogP contribution is 2.29. The zero-order valence-electron chi connectivity index (χ0n) is 11.6. The largest absolute Gasteiger partial charge is 0.375 e. The second kappa shape index (κ2) is 6.33. The van der Waals surface area contributed by atoms with E-state index in [1.54, 1.807) is 6.20 Å². The van der Waals surface area contributed by atoms with Crippen LogP contribution in [0.2, 0.25) is 0 Å². The number of rotatable bonds is 4. The number of fused-ring (bicyclic) bond motifs is 1. The Bertz CT molecular complexity index is 452. The molecule has 1 saturated heterocycles. The number of morpholine rings is 1. The lowest BCUT2D eigenvalue weighted by molar-refractivity contribution is -0.126. The normalized spacial score (nSPS) is 26.2. The second-order valence-corrected chi connectivity index (χ2v) is 5.48. The molecule has 0 bridgehead atoms. The summed E-state index contributed by atoms with van der Waals surface area (Å²) in [5, 5.41) is 2.94. The molecule has 0 unspecified atom stereocenters. The highest BCUT2D eigenvalue weighted by molar-refractivity contribution is 5.78. The fourth-order valence-corrected chi connectivity index (χ4v) is 3.13. The lowest BCUT2D eigenvalue weighted by Gasteiger charge is -2.37. The smallest absolute Gasteiger partial charge is 0.234 e. The van der Waals surface area contributed by atoms with E-state index in [0.717, 1.165) is 31.7 Å². The van der Waals surface area contributed by atoms with Crippen LogP contribution in [0.1, 0.15) is 25.0 Å². The highest BCUT2D eigenvalue weighted by Gasteiger charge is 2.36. The second-order valence-electron chi connectivity index (χ2n) is 5.48. The van der Waals surface area contributed by atoms with Crippen molar-refractivity contribution >= 4 is 5.91 Å². The highest BCUT2D eigenvalue weighted by atomic mass is 16.5. The van der Waals surface area contributed by atoms with Crippen LogP contribution < -0.4 is 5.32 Å². The SMILES string of the molecule is O=C(CN1CCO[C@H]2CCC[C@H]21)NCc1ccccn1. The van der Waals surface area contributed by atoms with Crippen molar-refractivity contribution in [2.75, 3.05) is 19.7 Å². The molecule has 2 heterocycles. The first-order chi connectivity index (χ1) is 9.83. The molecule has 2 aliphatic rings. The maximum absolute atomic E-state index is 12.1. The molecule has 5 nitrogen and oxygen atoms in total. The third-order valence-electron chi connectivity index (χ3n) is 4.14. The Hall–Kier alpha value is -1.46. The van der Waals surface area contributed by atoms with Crippen LogP contribution in [-0.2, 0) is 16.1 Å². The zero-order valence-corrected chi connectivity index (χ0v) is 11.6. The van der Waals surface area contributed by atoms with Crippen molar-refractivity contribution in [1.82, 2.24) is 15.2 Å². The molecule has 0 aromatic carbocycles. The van der Waals surface area contributed by atoms with Crippen LogP contribution in [-0.4, -0.2) is 47.6 Å². The molecule has 1 saturated carbocycles. The minimum atomic E-state index is 0.0724. The molecule has 0 radical (unpaired) electrons. The average Bonchev–Trinajstić information content (AvgIpc) is 2.96. The Morgan fingerprint density at radius 1 is 1.45 bits per heavy atom. The molecule has 1 aliphatic carbocycles. The van der Waals surface area contributed by atoms with Gasteiger partial charge in [0.15, 0.2) is 0 Å². The van der Waals surface area contributed by atoms with Crippen LogP contribution in [0, 0.1) is 0 Å². The maximum atomic E-state index is 12.1. The molecule has 108 valence electrons. The lowest BCUT2D eigenvalue weighted by Crippen LogP contribution is -2.51. The average molecular weight is 275 g/mol. The van der Waals surface area contributed by atoms with Crippen LogP contribution in [0.15, 0.2) is 24.4 Å². The van der Waals surface area contributed by atoms with Gasteiger partial charge in [-0.1, -0.05) is 6.07 Å². The predicted molar refractivity (Wildman–Crippen MR) is 75.0 cm³/mol. The van der Waals surface area contributed by atoms with Crippen LogP contribution in [0.25, 0.3) is 0 Å². The summed E-state index contributed by atoms with van der Waals surface area (Å²) in [6.45, 7) is 2.57. The van der Waals surface area contributed by atoms with E-state index in [1.165, 1.54) is 6.42 Å². The number of pyridine rings is 1. The van der Waals surface area contributed by atoms with Gasteiger partial charge in [-0.25, -0.2) is 0 Å². The zero-order chi connectivity index (χ0) is 13.8. The molecule has 1 aromatic rings. The van der Waals surface area contributed by atoms with Gasteiger partial charge in [-0.2, -0.15) is 0 Å². The van der Waals surface area contributed by atoms with Gasteiger partial charge in [-0.15, -0.1) is 0 Å². The van der Waals surface area contributed by atoms with Crippen LogP contribution in [0.3, 0.4) is 0 Å². The summed E-state index contributed by atoms with van der Waals surface area (Å²) in [6.07, 6.45) is 5.58. The van der Waals surface area contributed by atoms with Gasteiger partial charge < -0.3 is 10.1 Å². The van der Waals surface area contributed by atoms with Crippen molar-refractivity contribution in [2.24, 2.45) is 0 Å². The molecule has 3 rings (SSSR count). The third kappa shape index (κ3) is 3.16. The van der Waals surface area contributed by atoms with Crippen molar-refractivity contribution < 1.29 is 9.53 Å². The van der Waals surface area contributed by atoms with Gasteiger partial charge in [0.2, 0.25) is 5.91 Å². The number of carbonyl (C=O) groups excluding carboxylic acids is 1. The molecular weight excluding hydrogens is 254 g/mol. The number of hydrogen-bond donors (Lipinski definition) is 1. The summed E-state index contributed by atoms with van der Waals surface area (Å²) in [6, 6.07) is 6.16. The van der Waals surface area contributed by atoms with E-state index >= 15 is 0 Å². The molecule has 2 atom stereocenters. The molecule has 5 heteroatoms. The molecular formula is C15H21N3O2. The van der Waals surface area contributed by atoms with Crippen molar-refractivity contribution in [3.05, 3.63) is 30.1 Å². The van der Waals surface area contributed by atoms with Gasteiger partial charge in [0.1, 0.15) is 0 Å². The molecule has 1 aliphatic heterocycles. The van der Waals surface area contributed by atoms with E-state index in [4.69, 9.17) is 4.74 Å². The van der Waals surface area contributed by atoms with Gasteiger partial charge >= 0.3 is 0 Å². The van der Waals surface area contributed by atoms with Crippen LogP contribution in [0.4, 0.5) is 0 Å². The van der Waals surface area contributed by atoms with Gasteiger partial charge in [0, 0.05) is 18.8 Å². The van der Waals surface area contributed by atoms with Crippen molar-refractivity contribution in [1.29, 1.82) is 0 Å². The topological polar surface area (TPSA) is 54.5 Å². The molecule has 1 N–H and O–H groups in total. The fraction of sp³-hybridized carbons (Fsp3) is 0.600. The Morgan fingerprint density at radius 2 is 2.40 bits per heavy atom. The number of nitrogens with one attached hydrogen (secondary N) is 1. The number of hydrogen-bond acceptors (Lipinski definition) is 4. The number of ether oxygens (including phenoxy) is 1. The summed E-state index contributed by atoms with van der Waals surface area (Å²) in [5.41, 5.74) is 0.890. The summed E-state index contributed by atoms with van der Waals surface area (Å²) < 4.78 is 5.76. The van der Waals surface area contributed by atoms with Gasteiger partial charge in [-0.05, 0) is 31.4 Å². The monoisotopic (exact) mass is 275 g/mol. The van der Waals surface area contributed by atoms with Crippen molar-refractivity contribution in [3.8, 4) is 0 Å². The van der Waals surface area contributed by atoms with Crippen LogP contribution in [0.5, 0.6) is 0 Å². The Labute approximate surface area is 119 Å². The van der Waals surface area contributed by atoms with Crippen LogP contribution >= 0.6 is 0 Å². The first-order valence-corrected chi connectivity index (χ1v) is 7.35. The molecule has 20 heavy (non-hydrogen) atoms. The molecule has 1 amide bonds. The van der Waals surface area contributed by atoms with Crippen molar-refractivity contribution in [2.45, 2.75) is 38.0 Å². The number of carbonyl (C=O) groups is 1. The Balaban J connectivity index is 1.48. The standard InChI is InChI=1S/C15H21N3O2/c19-15(17-10-12-4-1-2-7-16-12)11-18-8-9-20-14-6-3-5-13(14)18/h1-2,4,7,13-14H,3,5-6,8-11H2,(H,17,19)/t13-,14+/m1/s1. The number of nitrogens with zero attached hydrogens (tertiary/aromatic N) is 2. The van der Waals surface area contributed by atoms with Gasteiger partial charge in [0.25, 0.3) is 0 Å². The molecule has 1 aromatic heterocycles. The Kier molecular flexibility index (Phi) is 4.28. The predicted octanol–water partition coefficient (Wildman–Crippen LogP) is 0.951. The van der Waals surface area contributed by atoms with E-state index in [2.05, 4.69) is 15.2 Å². The summed E-state index contributed by atoms with van der Waals surface area (Å²) >= 11 is 0. The quantitative estimate of drug-likeness (QED) is 0.889. The van der Waals surface area contributed by atoms with E-state index in [-0.39, 0.29) is 5.91 Å². The lowest BCUT2D eigenvalue weighted by atomic mass is 10.1. The van der Waals surface area contributed by atoms with Gasteiger partial charge in [-0.3, -0.25) is 14.7 Å². The third-order valence-corrected chi connectivity index (χ3v) is 4.14. The van der Waals surface area contributed by atoms with E-state index in [0.29, 0.717) is 25.2 Å². The van der Waals surface area contributed by atoms with Crippen molar-refractivity contribution in [3.63, 3.8) is 0 Å². The fourth-order valence-electron chi connectivity index (χ4n) is 3.13. The Morgan fingerprint density at radius 3 is 3.25 bits per heavy atom. The first kappa shape index (κ1) is 13.5. The van der Waals surface area contributed by atoms with E-state index in [9.17, 15) is 4.79 Å². The summed E-state index contributed by atoms with van der Waals surface area (Å²) in [7, 11) is 0. The maximum Gasteiger partial charge on any atom is 0.234 e. The van der Waals surface area contributed by atoms with Gasteiger partial charge in [0.05, 0.1) is 31.5 Å².